The zero-order chi connectivity index (χ0) is 16.4. The van der Waals surface area contributed by atoms with E-state index in [2.05, 4.69) is 10.6 Å². The SMILES string of the molecule is CCC(=O)N[C@@H](CC)C(=O)N[C@@H](CCC(=O)C=N)C(=O)O. The van der Waals surface area contributed by atoms with E-state index in [4.69, 9.17) is 10.5 Å². The molecule has 4 N–H and O–H groups in total. The molecule has 0 radical (unpaired) electrons. The molecule has 0 aromatic carbocycles. The molecule has 0 saturated carbocycles. The molecule has 0 aliphatic rings. The fourth-order valence-electron chi connectivity index (χ4n) is 1.54. The van der Waals surface area contributed by atoms with E-state index >= 15 is 0 Å². The molecule has 0 fully saturated rings. The van der Waals surface area contributed by atoms with Crippen LogP contribution < -0.4 is 10.6 Å². The second-order valence-electron chi connectivity index (χ2n) is 4.43. The van der Waals surface area contributed by atoms with Gasteiger partial charge in [0, 0.05) is 12.8 Å². The van der Waals surface area contributed by atoms with E-state index in [1.54, 1.807) is 13.8 Å². The van der Waals surface area contributed by atoms with Crippen molar-refractivity contribution in [3.05, 3.63) is 0 Å². The van der Waals surface area contributed by atoms with Crippen molar-refractivity contribution in [2.45, 2.75) is 51.6 Å². The van der Waals surface area contributed by atoms with Gasteiger partial charge in [-0.2, -0.15) is 0 Å². The van der Waals surface area contributed by atoms with Crippen molar-refractivity contribution >= 4 is 29.8 Å². The van der Waals surface area contributed by atoms with Crippen LogP contribution in [0.5, 0.6) is 0 Å². The summed E-state index contributed by atoms with van der Waals surface area (Å²) in [6.07, 6.45) is 0.909. The number of carbonyl (C=O) groups is 4. The van der Waals surface area contributed by atoms with Gasteiger partial charge in [0.05, 0.1) is 6.21 Å². The highest BCUT2D eigenvalue weighted by Gasteiger charge is 2.25. The molecule has 2 amide bonds. The van der Waals surface area contributed by atoms with Gasteiger partial charge in [-0.1, -0.05) is 13.8 Å². The van der Waals surface area contributed by atoms with Crippen molar-refractivity contribution in [1.29, 1.82) is 5.41 Å². The first-order valence-corrected chi connectivity index (χ1v) is 6.71. The van der Waals surface area contributed by atoms with Gasteiger partial charge in [-0.25, -0.2) is 4.79 Å². The first kappa shape index (κ1) is 18.8. The Kier molecular flexibility index (Phi) is 8.59. The highest BCUT2D eigenvalue weighted by molar-refractivity contribution is 6.26. The normalized spacial score (nSPS) is 12.9. The quantitative estimate of drug-likeness (QED) is 0.416. The van der Waals surface area contributed by atoms with E-state index in [9.17, 15) is 19.2 Å². The summed E-state index contributed by atoms with van der Waals surface area (Å²) in [6, 6.07) is -2.04. The molecule has 0 heterocycles. The smallest absolute Gasteiger partial charge is 0.326 e. The molecule has 21 heavy (non-hydrogen) atoms. The van der Waals surface area contributed by atoms with Crippen LogP contribution in [0.2, 0.25) is 0 Å². The number of amides is 2. The number of hydrogen-bond acceptors (Lipinski definition) is 5. The highest BCUT2D eigenvalue weighted by atomic mass is 16.4. The van der Waals surface area contributed by atoms with Gasteiger partial charge in [-0.3, -0.25) is 14.4 Å². The van der Waals surface area contributed by atoms with Crippen LogP contribution in [0.25, 0.3) is 0 Å². The minimum atomic E-state index is -1.27. The topological polar surface area (TPSA) is 136 Å². The third-order valence-electron chi connectivity index (χ3n) is 2.84. The number of nitrogens with one attached hydrogen (secondary N) is 3. The maximum absolute atomic E-state index is 11.9. The summed E-state index contributed by atoms with van der Waals surface area (Å²) in [5.74, 6) is -2.68. The second-order valence-corrected chi connectivity index (χ2v) is 4.43. The lowest BCUT2D eigenvalue weighted by Crippen LogP contribution is -2.51. The first-order valence-electron chi connectivity index (χ1n) is 6.71. The molecular formula is C13H21N3O5. The zero-order valence-electron chi connectivity index (χ0n) is 12.1. The largest absolute Gasteiger partial charge is 0.480 e. The molecule has 0 aliphatic carbocycles. The number of Topliss-reactive ketones (excluding diaryl/α,β-unsaturated/α-hetero) is 1. The summed E-state index contributed by atoms with van der Waals surface area (Å²) in [5.41, 5.74) is 0. The molecular weight excluding hydrogens is 278 g/mol. The van der Waals surface area contributed by atoms with Crippen LogP contribution in [0, 0.1) is 5.41 Å². The van der Waals surface area contributed by atoms with Gasteiger partial charge < -0.3 is 21.1 Å². The summed E-state index contributed by atoms with van der Waals surface area (Å²) in [7, 11) is 0. The molecule has 0 aliphatic heterocycles. The molecule has 0 spiro atoms. The average Bonchev–Trinajstić information content (AvgIpc) is 2.47. The molecule has 0 aromatic rings. The Morgan fingerprint density at radius 1 is 1.14 bits per heavy atom. The average molecular weight is 299 g/mol. The van der Waals surface area contributed by atoms with Gasteiger partial charge in [-0.15, -0.1) is 0 Å². The number of rotatable bonds is 10. The van der Waals surface area contributed by atoms with E-state index in [0.29, 0.717) is 12.6 Å². The van der Waals surface area contributed by atoms with Crippen molar-refractivity contribution in [3.8, 4) is 0 Å². The third kappa shape index (κ3) is 7.19. The van der Waals surface area contributed by atoms with E-state index in [1.807, 2.05) is 0 Å². The number of carboxylic acids is 1. The number of ketones is 1. The van der Waals surface area contributed by atoms with Gasteiger partial charge in [0.1, 0.15) is 12.1 Å². The van der Waals surface area contributed by atoms with Gasteiger partial charge >= 0.3 is 5.97 Å². The monoisotopic (exact) mass is 299 g/mol. The van der Waals surface area contributed by atoms with Crippen LogP contribution in [-0.2, 0) is 19.2 Å². The van der Waals surface area contributed by atoms with Crippen LogP contribution in [0.1, 0.15) is 39.5 Å². The maximum atomic E-state index is 11.9. The van der Waals surface area contributed by atoms with E-state index < -0.39 is 29.7 Å². The van der Waals surface area contributed by atoms with Crippen molar-refractivity contribution in [2.75, 3.05) is 0 Å². The number of aliphatic carboxylic acids is 1. The fraction of sp³-hybridized carbons (Fsp3) is 0.615. The summed E-state index contributed by atoms with van der Waals surface area (Å²) >= 11 is 0. The number of carbonyl (C=O) groups excluding carboxylic acids is 3. The van der Waals surface area contributed by atoms with Gasteiger partial charge in [0.15, 0.2) is 5.78 Å². The maximum Gasteiger partial charge on any atom is 0.326 e. The van der Waals surface area contributed by atoms with Crippen LogP contribution >= 0.6 is 0 Å². The van der Waals surface area contributed by atoms with Gasteiger partial charge in [-0.05, 0) is 12.8 Å². The lowest BCUT2D eigenvalue weighted by Gasteiger charge is -2.20. The Balaban J connectivity index is 4.63. The Hall–Kier alpha value is -2.25. The molecule has 118 valence electrons. The van der Waals surface area contributed by atoms with Gasteiger partial charge in [0.25, 0.3) is 0 Å². The Morgan fingerprint density at radius 2 is 1.76 bits per heavy atom. The van der Waals surface area contributed by atoms with E-state index in [0.717, 1.165) is 0 Å². The predicted molar refractivity (Wildman–Crippen MR) is 75.1 cm³/mol. The molecule has 0 aromatic heterocycles. The number of hydrogen-bond donors (Lipinski definition) is 4. The Labute approximate surface area is 122 Å². The second kappa shape index (κ2) is 9.62. The summed E-state index contributed by atoms with van der Waals surface area (Å²) in [6.45, 7) is 3.33. The summed E-state index contributed by atoms with van der Waals surface area (Å²) < 4.78 is 0. The van der Waals surface area contributed by atoms with Crippen LogP contribution in [0.3, 0.4) is 0 Å². The zero-order valence-corrected chi connectivity index (χ0v) is 12.1. The standard InChI is InChI=1S/C13H21N3O5/c1-3-9(15-11(18)4-2)12(19)16-10(13(20)21)6-5-8(17)7-14/h7,9-10,14H,3-6H2,1-2H3,(H,15,18)(H,16,19)(H,20,21)/t9-,10-/m0/s1. The van der Waals surface area contributed by atoms with E-state index in [1.165, 1.54) is 0 Å². The fourth-order valence-corrected chi connectivity index (χ4v) is 1.54. The summed E-state index contributed by atoms with van der Waals surface area (Å²) in [5, 5.41) is 20.5. The van der Waals surface area contributed by atoms with Gasteiger partial charge in [0.2, 0.25) is 11.8 Å². The highest BCUT2D eigenvalue weighted by Crippen LogP contribution is 2.01. The lowest BCUT2D eigenvalue weighted by atomic mass is 10.1. The minimum absolute atomic E-state index is 0.104. The lowest BCUT2D eigenvalue weighted by molar-refractivity contribution is -0.142. The van der Waals surface area contributed by atoms with E-state index in [-0.39, 0.29) is 25.2 Å². The first-order chi connectivity index (χ1) is 9.85. The van der Waals surface area contributed by atoms with Crippen molar-refractivity contribution in [2.24, 2.45) is 0 Å². The summed E-state index contributed by atoms with van der Waals surface area (Å²) in [4.78, 5) is 45.3. The van der Waals surface area contributed by atoms with Crippen molar-refractivity contribution < 1.29 is 24.3 Å². The predicted octanol–water partition coefficient (Wildman–Crippen LogP) is -0.141. The Bertz CT molecular complexity index is 422. The molecule has 0 unspecified atom stereocenters. The Morgan fingerprint density at radius 3 is 2.19 bits per heavy atom. The third-order valence-corrected chi connectivity index (χ3v) is 2.84. The van der Waals surface area contributed by atoms with Crippen LogP contribution in [-0.4, -0.2) is 47.0 Å². The molecule has 0 saturated heterocycles. The minimum Gasteiger partial charge on any atom is -0.480 e. The molecule has 2 atom stereocenters. The van der Waals surface area contributed by atoms with Crippen LogP contribution in [0.4, 0.5) is 0 Å². The molecule has 8 nitrogen and oxygen atoms in total. The van der Waals surface area contributed by atoms with Crippen LogP contribution in [0.15, 0.2) is 0 Å². The number of carboxylic acid groups (broad SMARTS) is 1. The molecule has 0 rings (SSSR count). The molecule has 0 bridgehead atoms. The molecule has 8 heteroatoms. The van der Waals surface area contributed by atoms with Crippen molar-refractivity contribution in [1.82, 2.24) is 10.6 Å². The van der Waals surface area contributed by atoms with Crippen molar-refractivity contribution in [3.63, 3.8) is 0 Å².